The molecular formula is C13H26N2O2. The number of carboxylic acid groups (broad SMARTS) is 1. The van der Waals surface area contributed by atoms with Crippen molar-refractivity contribution in [2.75, 3.05) is 19.6 Å². The van der Waals surface area contributed by atoms with E-state index in [0.29, 0.717) is 12.5 Å². The Labute approximate surface area is 104 Å². The molecule has 4 heteroatoms. The molecule has 0 aromatic carbocycles. The van der Waals surface area contributed by atoms with Gasteiger partial charge in [0.2, 0.25) is 0 Å². The molecule has 0 radical (unpaired) electrons. The Morgan fingerprint density at radius 1 is 1.24 bits per heavy atom. The van der Waals surface area contributed by atoms with E-state index in [0.717, 1.165) is 32.5 Å². The van der Waals surface area contributed by atoms with Gasteiger partial charge in [-0.05, 0) is 38.9 Å². The third-order valence-corrected chi connectivity index (χ3v) is 3.34. The average Bonchev–Trinajstić information content (AvgIpc) is 2.52. The van der Waals surface area contributed by atoms with E-state index >= 15 is 0 Å². The highest BCUT2D eigenvalue weighted by Gasteiger charge is 2.25. The minimum Gasteiger partial charge on any atom is -0.480 e. The average molecular weight is 242 g/mol. The second-order valence-electron chi connectivity index (χ2n) is 5.20. The Morgan fingerprint density at radius 2 is 1.82 bits per heavy atom. The Bertz CT molecular complexity index is 223. The van der Waals surface area contributed by atoms with E-state index in [9.17, 15) is 9.90 Å². The lowest BCUT2D eigenvalue weighted by molar-refractivity contribution is -0.143. The summed E-state index contributed by atoms with van der Waals surface area (Å²) in [7, 11) is 0. The number of rotatable bonds is 6. The Hall–Kier alpha value is -0.610. The summed E-state index contributed by atoms with van der Waals surface area (Å²) in [5.41, 5.74) is 0. The van der Waals surface area contributed by atoms with Gasteiger partial charge < -0.3 is 10.4 Å². The Kier molecular flexibility index (Phi) is 6.52. The van der Waals surface area contributed by atoms with Gasteiger partial charge in [-0.3, -0.25) is 9.69 Å². The number of aliphatic carboxylic acids is 1. The molecule has 0 spiro atoms. The molecule has 17 heavy (non-hydrogen) atoms. The largest absolute Gasteiger partial charge is 0.480 e. The molecule has 0 saturated carbocycles. The molecule has 100 valence electrons. The van der Waals surface area contributed by atoms with Crippen molar-refractivity contribution in [1.29, 1.82) is 0 Å². The predicted molar refractivity (Wildman–Crippen MR) is 69.2 cm³/mol. The number of hydrogen-bond donors (Lipinski definition) is 2. The van der Waals surface area contributed by atoms with Crippen molar-refractivity contribution in [3.05, 3.63) is 0 Å². The summed E-state index contributed by atoms with van der Waals surface area (Å²) in [5.74, 6) is -0.669. The quantitative estimate of drug-likeness (QED) is 0.744. The molecule has 0 amide bonds. The molecule has 1 aliphatic heterocycles. The highest BCUT2D eigenvalue weighted by Crippen LogP contribution is 2.14. The fourth-order valence-corrected chi connectivity index (χ4v) is 2.38. The summed E-state index contributed by atoms with van der Waals surface area (Å²) >= 11 is 0. The molecular weight excluding hydrogens is 216 g/mol. The van der Waals surface area contributed by atoms with Crippen LogP contribution < -0.4 is 5.32 Å². The van der Waals surface area contributed by atoms with Crippen LogP contribution in [-0.2, 0) is 4.79 Å². The molecule has 1 rings (SSSR count). The molecule has 0 aliphatic carbocycles. The summed E-state index contributed by atoms with van der Waals surface area (Å²) in [5, 5.41) is 12.6. The van der Waals surface area contributed by atoms with Crippen molar-refractivity contribution in [3.63, 3.8) is 0 Å². The van der Waals surface area contributed by atoms with Crippen LogP contribution in [0.3, 0.4) is 0 Å². The van der Waals surface area contributed by atoms with E-state index in [1.807, 2.05) is 0 Å². The van der Waals surface area contributed by atoms with Crippen molar-refractivity contribution < 1.29 is 9.90 Å². The van der Waals surface area contributed by atoms with E-state index in [-0.39, 0.29) is 6.04 Å². The lowest BCUT2D eigenvalue weighted by Gasteiger charge is -2.27. The third-order valence-electron chi connectivity index (χ3n) is 3.34. The smallest absolute Gasteiger partial charge is 0.320 e. The number of carbonyl (C=O) groups is 1. The summed E-state index contributed by atoms with van der Waals surface area (Å²) in [6.45, 7) is 6.84. The van der Waals surface area contributed by atoms with E-state index in [4.69, 9.17) is 0 Å². The van der Waals surface area contributed by atoms with Gasteiger partial charge in [-0.2, -0.15) is 0 Å². The van der Waals surface area contributed by atoms with Crippen molar-refractivity contribution in [2.24, 2.45) is 0 Å². The predicted octanol–water partition coefficient (Wildman–Crippen LogP) is 1.70. The normalized spacial score (nSPS) is 20.2. The van der Waals surface area contributed by atoms with E-state index < -0.39 is 5.97 Å². The van der Waals surface area contributed by atoms with Crippen molar-refractivity contribution in [3.8, 4) is 0 Å². The van der Waals surface area contributed by atoms with Gasteiger partial charge in [-0.25, -0.2) is 0 Å². The maximum atomic E-state index is 11.3. The number of likely N-dealkylation sites (tertiary alicyclic amines) is 1. The molecule has 0 bridgehead atoms. The van der Waals surface area contributed by atoms with E-state index in [1.165, 1.54) is 12.8 Å². The second-order valence-corrected chi connectivity index (χ2v) is 5.20. The monoisotopic (exact) mass is 242 g/mol. The van der Waals surface area contributed by atoms with Crippen molar-refractivity contribution >= 4 is 5.97 Å². The van der Waals surface area contributed by atoms with Crippen molar-refractivity contribution in [1.82, 2.24) is 10.2 Å². The highest BCUT2D eigenvalue weighted by molar-refractivity contribution is 5.73. The van der Waals surface area contributed by atoms with Crippen LogP contribution in [0.25, 0.3) is 0 Å². The maximum absolute atomic E-state index is 11.3. The fourth-order valence-electron chi connectivity index (χ4n) is 2.38. The summed E-state index contributed by atoms with van der Waals surface area (Å²) in [6.07, 6.45) is 5.47. The number of carboxylic acids is 1. The molecule has 2 N–H and O–H groups in total. The minimum atomic E-state index is -0.669. The number of hydrogen-bond acceptors (Lipinski definition) is 3. The Morgan fingerprint density at radius 3 is 2.29 bits per heavy atom. The zero-order valence-corrected chi connectivity index (χ0v) is 11.1. The molecule has 1 unspecified atom stereocenters. The van der Waals surface area contributed by atoms with Gasteiger partial charge in [0.25, 0.3) is 0 Å². The topological polar surface area (TPSA) is 52.6 Å². The number of nitrogens with one attached hydrogen (secondary N) is 1. The lowest BCUT2D eigenvalue weighted by Crippen LogP contribution is -2.43. The summed E-state index contributed by atoms with van der Waals surface area (Å²) in [4.78, 5) is 13.5. The van der Waals surface area contributed by atoms with Crippen LogP contribution in [0.4, 0.5) is 0 Å². The lowest BCUT2D eigenvalue weighted by atomic mass is 10.1. The van der Waals surface area contributed by atoms with E-state index in [1.54, 1.807) is 0 Å². The molecule has 1 aliphatic rings. The van der Waals surface area contributed by atoms with Crippen LogP contribution in [0.1, 0.15) is 46.0 Å². The summed E-state index contributed by atoms with van der Waals surface area (Å²) < 4.78 is 0. The first kappa shape index (κ1) is 14.5. The van der Waals surface area contributed by atoms with Crippen LogP contribution in [0.2, 0.25) is 0 Å². The highest BCUT2D eigenvalue weighted by atomic mass is 16.4. The van der Waals surface area contributed by atoms with Gasteiger partial charge in [0.1, 0.15) is 6.04 Å². The molecule has 4 nitrogen and oxygen atoms in total. The second kappa shape index (κ2) is 7.67. The van der Waals surface area contributed by atoms with Gasteiger partial charge in [-0.15, -0.1) is 0 Å². The SMILES string of the molecule is CC(C)NCCC(C(=O)O)N1CCCCCC1. The molecule has 0 aromatic heterocycles. The first-order valence-electron chi connectivity index (χ1n) is 6.81. The standard InChI is InChI=1S/C13H26N2O2/c1-11(2)14-8-7-12(13(16)17)15-9-5-3-4-6-10-15/h11-12,14H,3-10H2,1-2H3,(H,16,17). The molecule has 1 fully saturated rings. The van der Waals surface area contributed by atoms with Crippen LogP contribution >= 0.6 is 0 Å². The first-order valence-corrected chi connectivity index (χ1v) is 6.81. The van der Waals surface area contributed by atoms with Gasteiger partial charge in [-0.1, -0.05) is 26.7 Å². The van der Waals surface area contributed by atoms with E-state index in [2.05, 4.69) is 24.1 Å². The fraction of sp³-hybridized carbons (Fsp3) is 0.923. The first-order chi connectivity index (χ1) is 8.11. The molecule has 1 heterocycles. The van der Waals surface area contributed by atoms with Crippen LogP contribution in [0.5, 0.6) is 0 Å². The minimum absolute atomic E-state index is 0.306. The molecule has 0 aromatic rings. The van der Waals surface area contributed by atoms with Gasteiger partial charge in [0.05, 0.1) is 0 Å². The number of nitrogens with zero attached hydrogens (tertiary/aromatic N) is 1. The summed E-state index contributed by atoms with van der Waals surface area (Å²) in [6, 6.07) is 0.118. The molecule has 1 atom stereocenters. The maximum Gasteiger partial charge on any atom is 0.320 e. The van der Waals surface area contributed by atoms with Gasteiger partial charge >= 0.3 is 5.97 Å². The third kappa shape index (κ3) is 5.50. The van der Waals surface area contributed by atoms with Crippen LogP contribution in [0, 0.1) is 0 Å². The van der Waals surface area contributed by atoms with Crippen LogP contribution in [-0.4, -0.2) is 47.7 Å². The van der Waals surface area contributed by atoms with Gasteiger partial charge in [0.15, 0.2) is 0 Å². The molecule has 1 saturated heterocycles. The van der Waals surface area contributed by atoms with Gasteiger partial charge in [0, 0.05) is 6.04 Å². The zero-order chi connectivity index (χ0) is 12.7. The van der Waals surface area contributed by atoms with Crippen molar-refractivity contribution in [2.45, 2.75) is 58.0 Å². The Balaban J connectivity index is 2.42. The van der Waals surface area contributed by atoms with Crippen LogP contribution in [0.15, 0.2) is 0 Å². The zero-order valence-electron chi connectivity index (χ0n) is 11.1.